The van der Waals surface area contributed by atoms with Gasteiger partial charge in [-0.2, -0.15) is 0 Å². The number of esters is 1. The van der Waals surface area contributed by atoms with Crippen molar-refractivity contribution in [1.29, 1.82) is 0 Å². The molecule has 1 amide bonds. The summed E-state index contributed by atoms with van der Waals surface area (Å²) in [7, 11) is 0. The molecule has 2 unspecified atom stereocenters. The molecule has 1 aliphatic heterocycles. The summed E-state index contributed by atoms with van der Waals surface area (Å²) in [6.07, 6.45) is 2.08. The Bertz CT molecular complexity index is 329. The second kappa shape index (κ2) is 7.62. The highest BCUT2D eigenvalue weighted by atomic mass is 16.5. The summed E-state index contributed by atoms with van der Waals surface area (Å²) < 4.78 is 10.4. The van der Waals surface area contributed by atoms with Gasteiger partial charge in [-0.15, -0.1) is 0 Å². The molecule has 0 aromatic rings. The van der Waals surface area contributed by atoms with Crippen molar-refractivity contribution in [1.82, 2.24) is 5.32 Å². The minimum atomic E-state index is -0.771. The van der Waals surface area contributed by atoms with E-state index in [0.29, 0.717) is 19.1 Å². The minimum absolute atomic E-state index is 0.249. The first-order chi connectivity index (χ1) is 9.36. The third-order valence-corrected chi connectivity index (χ3v) is 3.47. The lowest BCUT2D eigenvalue weighted by Gasteiger charge is -2.29. The third-order valence-electron chi connectivity index (χ3n) is 3.47. The Hall–Kier alpha value is -1.10. The number of hydrogen-bond acceptors (Lipinski definition) is 4. The Kier molecular flexibility index (Phi) is 6.46. The van der Waals surface area contributed by atoms with E-state index in [1.807, 2.05) is 20.8 Å². The van der Waals surface area contributed by atoms with Gasteiger partial charge in [-0.05, 0) is 31.1 Å². The molecule has 1 aliphatic rings. The first-order valence-corrected chi connectivity index (χ1v) is 7.38. The molecule has 5 heteroatoms. The molecule has 0 spiro atoms. The van der Waals surface area contributed by atoms with Gasteiger partial charge in [0.25, 0.3) is 0 Å². The quantitative estimate of drug-likeness (QED) is 0.617. The van der Waals surface area contributed by atoms with Gasteiger partial charge in [0, 0.05) is 13.2 Å². The normalized spacial score (nSPS) is 21.1. The van der Waals surface area contributed by atoms with Gasteiger partial charge >= 0.3 is 5.97 Å². The van der Waals surface area contributed by atoms with Gasteiger partial charge in [0.15, 0.2) is 0 Å². The standard InChI is InChI=1S/C15H27NO4/c1-5-20-14(18)12(15(2,3)4)13(17)16-9-11-7-6-8-19-10-11/h11-12H,5-10H2,1-4H3,(H,16,17). The first kappa shape index (κ1) is 17.0. The number of ether oxygens (including phenoxy) is 2. The van der Waals surface area contributed by atoms with Gasteiger partial charge in [-0.1, -0.05) is 20.8 Å². The number of carbonyl (C=O) groups excluding carboxylic acids is 2. The zero-order valence-corrected chi connectivity index (χ0v) is 13.0. The third kappa shape index (κ3) is 5.12. The van der Waals surface area contributed by atoms with Crippen LogP contribution in [-0.4, -0.2) is 38.2 Å². The van der Waals surface area contributed by atoms with Crippen LogP contribution < -0.4 is 5.32 Å². The van der Waals surface area contributed by atoms with Crippen molar-refractivity contribution in [3.63, 3.8) is 0 Å². The summed E-state index contributed by atoms with van der Waals surface area (Å²) in [4.78, 5) is 24.3. The van der Waals surface area contributed by atoms with Crippen LogP contribution in [0.4, 0.5) is 0 Å². The van der Waals surface area contributed by atoms with Crippen molar-refractivity contribution in [2.75, 3.05) is 26.4 Å². The molecular weight excluding hydrogens is 258 g/mol. The minimum Gasteiger partial charge on any atom is -0.465 e. The predicted molar refractivity (Wildman–Crippen MR) is 76.1 cm³/mol. The van der Waals surface area contributed by atoms with Crippen molar-refractivity contribution >= 4 is 11.9 Å². The van der Waals surface area contributed by atoms with E-state index in [9.17, 15) is 9.59 Å². The Morgan fingerprint density at radius 1 is 1.40 bits per heavy atom. The van der Waals surface area contributed by atoms with Crippen LogP contribution in [0, 0.1) is 17.3 Å². The van der Waals surface area contributed by atoms with Crippen molar-refractivity contribution in [2.45, 2.75) is 40.5 Å². The van der Waals surface area contributed by atoms with E-state index < -0.39 is 17.3 Å². The van der Waals surface area contributed by atoms with Crippen molar-refractivity contribution < 1.29 is 19.1 Å². The van der Waals surface area contributed by atoms with Crippen LogP contribution >= 0.6 is 0 Å². The Morgan fingerprint density at radius 3 is 2.60 bits per heavy atom. The highest BCUT2D eigenvalue weighted by Gasteiger charge is 2.38. The molecule has 0 radical (unpaired) electrons. The molecule has 1 heterocycles. The smallest absolute Gasteiger partial charge is 0.319 e. The Labute approximate surface area is 121 Å². The molecule has 116 valence electrons. The van der Waals surface area contributed by atoms with Crippen LogP contribution in [0.2, 0.25) is 0 Å². The van der Waals surface area contributed by atoms with Crippen molar-refractivity contribution in [2.24, 2.45) is 17.3 Å². The van der Waals surface area contributed by atoms with Gasteiger partial charge in [0.05, 0.1) is 13.2 Å². The van der Waals surface area contributed by atoms with Gasteiger partial charge in [-0.25, -0.2) is 0 Å². The van der Waals surface area contributed by atoms with Crippen LogP contribution in [0.25, 0.3) is 0 Å². The molecule has 0 saturated carbocycles. The molecule has 1 fully saturated rings. The summed E-state index contributed by atoms with van der Waals surface area (Å²) in [6, 6.07) is 0. The van der Waals surface area contributed by atoms with E-state index >= 15 is 0 Å². The molecule has 2 atom stereocenters. The van der Waals surface area contributed by atoms with E-state index in [-0.39, 0.29) is 12.5 Å². The first-order valence-electron chi connectivity index (χ1n) is 7.38. The number of nitrogens with one attached hydrogen (secondary N) is 1. The SMILES string of the molecule is CCOC(=O)C(C(=O)NCC1CCCOC1)C(C)(C)C. The van der Waals surface area contributed by atoms with Crippen LogP contribution in [0.1, 0.15) is 40.5 Å². The van der Waals surface area contributed by atoms with Crippen molar-refractivity contribution in [3.8, 4) is 0 Å². The summed E-state index contributed by atoms with van der Waals surface area (Å²) in [5, 5.41) is 2.88. The summed E-state index contributed by atoms with van der Waals surface area (Å²) in [6.45, 7) is 9.69. The van der Waals surface area contributed by atoms with E-state index in [1.165, 1.54) is 0 Å². The number of amides is 1. The molecule has 0 bridgehead atoms. The molecule has 1 rings (SSSR count). The van der Waals surface area contributed by atoms with Crippen LogP contribution in [0.5, 0.6) is 0 Å². The highest BCUT2D eigenvalue weighted by molar-refractivity contribution is 5.98. The molecule has 0 aromatic heterocycles. The lowest BCUT2D eigenvalue weighted by molar-refractivity contribution is -0.156. The Balaban J connectivity index is 2.56. The second-order valence-corrected chi connectivity index (χ2v) is 6.38. The van der Waals surface area contributed by atoms with E-state index in [2.05, 4.69) is 5.32 Å². The summed E-state index contributed by atoms with van der Waals surface area (Å²) in [5.74, 6) is -1.12. The van der Waals surface area contributed by atoms with Gasteiger partial charge < -0.3 is 14.8 Å². The molecule has 0 aromatic carbocycles. The maximum atomic E-state index is 12.3. The number of carbonyl (C=O) groups is 2. The molecule has 0 aliphatic carbocycles. The topological polar surface area (TPSA) is 64.6 Å². The summed E-state index contributed by atoms with van der Waals surface area (Å²) >= 11 is 0. The second-order valence-electron chi connectivity index (χ2n) is 6.38. The molecule has 1 N–H and O–H groups in total. The maximum absolute atomic E-state index is 12.3. The van der Waals surface area contributed by atoms with Gasteiger partial charge in [0.2, 0.25) is 5.91 Å². The molecular formula is C15H27NO4. The largest absolute Gasteiger partial charge is 0.465 e. The van der Waals surface area contributed by atoms with Crippen LogP contribution in [0.15, 0.2) is 0 Å². The zero-order chi connectivity index (χ0) is 15.2. The number of rotatable bonds is 5. The summed E-state index contributed by atoms with van der Waals surface area (Å²) in [5.41, 5.74) is -0.459. The zero-order valence-electron chi connectivity index (χ0n) is 13.0. The average molecular weight is 285 g/mol. The maximum Gasteiger partial charge on any atom is 0.319 e. The number of hydrogen-bond donors (Lipinski definition) is 1. The monoisotopic (exact) mass is 285 g/mol. The highest BCUT2D eigenvalue weighted by Crippen LogP contribution is 2.27. The molecule has 5 nitrogen and oxygen atoms in total. The Morgan fingerprint density at radius 2 is 2.10 bits per heavy atom. The van der Waals surface area contributed by atoms with E-state index in [0.717, 1.165) is 19.4 Å². The van der Waals surface area contributed by atoms with Crippen molar-refractivity contribution in [3.05, 3.63) is 0 Å². The predicted octanol–water partition coefficient (Wildman–Crippen LogP) is 1.75. The van der Waals surface area contributed by atoms with Gasteiger partial charge in [0.1, 0.15) is 5.92 Å². The molecule has 1 saturated heterocycles. The lowest BCUT2D eigenvalue weighted by atomic mass is 9.80. The van der Waals surface area contributed by atoms with Gasteiger partial charge in [-0.3, -0.25) is 9.59 Å². The molecule has 20 heavy (non-hydrogen) atoms. The van der Waals surface area contributed by atoms with E-state index in [1.54, 1.807) is 6.92 Å². The van der Waals surface area contributed by atoms with Crippen LogP contribution in [0.3, 0.4) is 0 Å². The van der Waals surface area contributed by atoms with Crippen LogP contribution in [-0.2, 0) is 19.1 Å². The van der Waals surface area contributed by atoms with E-state index in [4.69, 9.17) is 9.47 Å². The lowest BCUT2D eigenvalue weighted by Crippen LogP contribution is -2.45. The average Bonchev–Trinajstić information content (AvgIpc) is 2.36. The fourth-order valence-electron chi connectivity index (χ4n) is 2.39. The fraction of sp³-hybridized carbons (Fsp3) is 0.867. The fourth-order valence-corrected chi connectivity index (χ4v) is 2.39.